The number of allylic oxidation sites excluding steroid dienone is 4. The Morgan fingerprint density at radius 3 is 2.74 bits per heavy atom. The van der Waals surface area contributed by atoms with Gasteiger partial charge in [-0.3, -0.25) is 4.79 Å². The van der Waals surface area contributed by atoms with Crippen LogP contribution >= 0.6 is 0 Å². The highest BCUT2D eigenvalue weighted by atomic mass is 19.3. The van der Waals surface area contributed by atoms with Crippen LogP contribution in [-0.4, -0.2) is 29.2 Å². The van der Waals surface area contributed by atoms with Crippen LogP contribution in [0, 0.1) is 29.1 Å². The lowest BCUT2D eigenvalue weighted by Crippen LogP contribution is -2.51. The lowest BCUT2D eigenvalue weighted by atomic mass is 9.51. The zero-order valence-corrected chi connectivity index (χ0v) is 20.1. The van der Waals surface area contributed by atoms with Crippen molar-refractivity contribution in [1.82, 2.24) is 0 Å². The zero-order valence-electron chi connectivity index (χ0n) is 20.1. The number of fused-ring (bicyclic) bond motifs is 5. The Labute approximate surface area is 204 Å². The van der Waals surface area contributed by atoms with Crippen LogP contribution in [0.15, 0.2) is 41.0 Å². The predicted molar refractivity (Wildman–Crippen MR) is 126 cm³/mol. The molecule has 6 rings (SSSR count). The van der Waals surface area contributed by atoms with Gasteiger partial charge < -0.3 is 14.6 Å². The van der Waals surface area contributed by atoms with Gasteiger partial charge in [0.2, 0.25) is 6.79 Å². The number of carbonyl (C=O) groups excluding carboxylic acids is 1. The molecule has 6 heteroatoms. The van der Waals surface area contributed by atoms with Gasteiger partial charge in [-0.15, -0.1) is 0 Å². The fourth-order valence-corrected chi connectivity index (χ4v) is 7.51. The number of benzene rings is 1. The Hall–Kier alpha value is -2.65. The summed E-state index contributed by atoms with van der Waals surface area (Å²) in [6, 6.07) is 6.00. The van der Waals surface area contributed by atoms with Crippen molar-refractivity contribution in [3.63, 3.8) is 0 Å². The standard InChI is InChI=1S/C29H30F2O4/c1-27-15-22(18-4-8-24-25(14-18)35-16-34-24)26-20-7-5-19(32)13-17(20)3-6-21(26)23(27)9-10-29(27,33)12-11-28(2,30)31/h4,8,13-14,21-23,33H,3,5-7,9-10,15-16H2,1-2H3/t21-,22+,23-,27-,29+/m0/s1. The van der Waals surface area contributed by atoms with E-state index in [4.69, 9.17) is 9.47 Å². The summed E-state index contributed by atoms with van der Waals surface area (Å²) in [5.41, 5.74) is 2.79. The fourth-order valence-electron chi connectivity index (χ4n) is 7.51. The van der Waals surface area contributed by atoms with E-state index in [9.17, 15) is 18.7 Å². The number of ketones is 1. The molecule has 1 aromatic carbocycles. The molecule has 4 aliphatic carbocycles. The third-order valence-corrected chi connectivity index (χ3v) is 9.17. The van der Waals surface area contributed by atoms with Gasteiger partial charge >= 0.3 is 5.92 Å². The van der Waals surface area contributed by atoms with Crippen LogP contribution in [0.25, 0.3) is 0 Å². The summed E-state index contributed by atoms with van der Waals surface area (Å²) < 4.78 is 38.6. The van der Waals surface area contributed by atoms with E-state index in [0.29, 0.717) is 30.8 Å². The van der Waals surface area contributed by atoms with Gasteiger partial charge in [-0.25, -0.2) is 0 Å². The molecular formula is C29H30F2O4. The van der Waals surface area contributed by atoms with Crippen LogP contribution < -0.4 is 9.47 Å². The molecule has 1 aliphatic heterocycles. The first-order valence-electron chi connectivity index (χ1n) is 12.6. The Morgan fingerprint density at radius 2 is 1.94 bits per heavy atom. The van der Waals surface area contributed by atoms with Gasteiger partial charge in [0.05, 0.1) is 0 Å². The quantitative estimate of drug-likeness (QED) is 0.524. The zero-order chi connectivity index (χ0) is 24.6. The Balaban J connectivity index is 1.51. The lowest BCUT2D eigenvalue weighted by Gasteiger charge is -2.53. The predicted octanol–water partition coefficient (Wildman–Crippen LogP) is 5.70. The third-order valence-electron chi connectivity index (χ3n) is 9.17. The summed E-state index contributed by atoms with van der Waals surface area (Å²) in [6.07, 6.45) is 6.58. The molecule has 2 saturated carbocycles. The first-order valence-corrected chi connectivity index (χ1v) is 12.6. The maximum absolute atomic E-state index is 13.7. The van der Waals surface area contributed by atoms with Crippen molar-refractivity contribution in [1.29, 1.82) is 0 Å². The molecule has 1 N–H and O–H groups in total. The van der Waals surface area contributed by atoms with Crippen molar-refractivity contribution in [2.75, 3.05) is 6.79 Å². The molecule has 0 amide bonds. The van der Waals surface area contributed by atoms with E-state index in [2.05, 4.69) is 12.0 Å². The number of hydrogen-bond donors (Lipinski definition) is 1. The van der Waals surface area contributed by atoms with Crippen molar-refractivity contribution in [2.45, 2.75) is 76.2 Å². The summed E-state index contributed by atoms with van der Waals surface area (Å²) in [4.78, 5) is 12.2. The van der Waals surface area contributed by atoms with Gasteiger partial charge in [-0.05, 0) is 91.2 Å². The Kier molecular flexibility index (Phi) is 5.00. The van der Waals surface area contributed by atoms with Crippen molar-refractivity contribution in [2.24, 2.45) is 17.3 Å². The summed E-state index contributed by atoms with van der Waals surface area (Å²) >= 11 is 0. The summed E-state index contributed by atoms with van der Waals surface area (Å²) in [7, 11) is 0. The number of ether oxygens (including phenoxy) is 2. The molecule has 2 fully saturated rings. The number of halogens is 2. The molecule has 0 radical (unpaired) electrons. The van der Waals surface area contributed by atoms with Gasteiger partial charge in [0.1, 0.15) is 5.60 Å². The third kappa shape index (κ3) is 3.54. The van der Waals surface area contributed by atoms with Gasteiger partial charge in [-0.2, -0.15) is 8.78 Å². The highest BCUT2D eigenvalue weighted by Crippen LogP contribution is 2.66. The van der Waals surface area contributed by atoms with E-state index in [1.54, 1.807) is 0 Å². The largest absolute Gasteiger partial charge is 0.454 e. The van der Waals surface area contributed by atoms with Crippen LogP contribution in [0.2, 0.25) is 0 Å². The van der Waals surface area contributed by atoms with Crippen LogP contribution in [-0.2, 0) is 4.79 Å². The number of carbonyl (C=O) groups is 1. The van der Waals surface area contributed by atoms with E-state index >= 15 is 0 Å². The van der Waals surface area contributed by atoms with E-state index in [0.717, 1.165) is 43.7 Å². The minimum atomic E-state index is -3.15. The second-order valence-corrected chi connectivity index (χ2v) is 11.1. The van der Waals surface area contributed by atoms with Crippen molar-refractivity contribution < 1.29 is 28.2 Å². The molecule has 5 aliphatic rings. The molecule has 4 nitrogen and oxygen atoms in total. The average Bonchev–Trinajstić information content (AvgIpc) is 3.38. The highest BCUT2D eigenvalue weighted by molar-refractivity contribution is 5.93. The number of alkyl halides is 2. The van der Waals surface area contributed by atoms with Crippen molar-refractivity contribution >= 4 is 5.78 Å². The lowest BCUT2D eigenvalue weighted by molar-refractivity contribution is -0.114. The molecule has 35 heavy (non-hydrogen) atoms. The van der Waals surface area contributed by atoms with Gasteiger partial charge in [0.15, 0.2) is 17.3 Å². The second kappa shape index (κ2) is 7.67. The molecule has 0 saturated heterocycles. The molecule has 0 aromatic heterocycles. The number of hydrogen-bond acceptors (Lipinski definition) is 4. The fraction of sp³-hybridized carbons (Fsp3) is 0.552. The minimum absolute atomic E-state index is 0.0174. The van der Waals surface area contributed by atoms with Crippen LogP contribution in [0.3, 0.4) is 0 Å². The maximum Gasteiger partial charge on any atom is 0.305 e. The monoisotopic (exact) mass is 480 g/mol. The molecule has 0 bridgehead atoms. The first-order chi connectivity index (χ1) is 16.6. The Morgan fingerprint density at radius 1 is 1.14 bits per heavy atom. The molecule has 1 aromatic rings. The topological polar surface area (TPSA) is 55.8 Å². The summed E-state index contributed by atoms with van der Waals surface area (Å²) in [5, 5.41) is 11.8. The maximum atomic E-state index is 13.7. The van der Waals surface area contributed by atoms with Crippen molar-refractivity contribution in [3.8, 4) is 23.3 Å². The molecular weight excluding hydrogens is 450 g/mol. The normalized spacial score (nSPS) is 35.5. The van der Waals surface area contributed by atoms with Gasteiger partial charge in [0, 0.05) is 24.7 Å². The van der Waals surface area contributed by atoms with E-state index in [1.165, 1.54) is 11.1 Å². The van der Waals surface area contributed by atoms with Crippen LogP contribution in [0.4, 0.5) is 8.78 Å². The van der Waals surface area contributed by atoms with Gasteiger partial charge in [0.25, 0.3) is 0 Å². The van der Waals surface area contributed by atoms with E-state index < -0.39 is 16.9 Å². The van der Waals surface area contributed by atoms with Crippen LogP contribution in [0.1, 0.15) is 70.3 Å². The summed E-state index contributed by atoms with van der Waals surface area (Å²) in [5.74, 6) is 3.50. The van der Waals surface area contributed by atoms with Gasteiger partial charge in [-0.1, -0.05) is 24.5 Å². The first kappa shape index (κ1) is 22.8. The molecule has 0 unspecified atom stereocenters. The van der Waals surface area contributed by atoms with E-state index in [-0.39, 0.29) is 30.3 Å². The molecule has 184 valence electrons. The number of aliphatic hydroxyl groups is 1. The smallest absolute Gasteiger partial charge is 0.305 e. The highest BCUT2D eigenvalue weighted by Gasteiger charge is 2.62. The van der Waals surface area contributed by atoms with Crippen molar-refractivity contribution in [3.05, 3.63) is 46.6 Å². The molecule has 0 spiro atoms. The Bertz CT molecular complexity index is 1230. The average molecular weight is 481 g/mol. The van der Waals surface area contributed by atoms with Crippen LogP contribution in [0.5, 0.6) is 11.5 Å². The number of rotatable bonds is 1. The SMILES string of the molecule is CC(F)(F)C#C[C@]1(O)CC[C@H]2[C@@H]3CCC4=CC(=O)CCC4=C3[C@@H](c3ccc4c(c3)OCO4)C[C@@]21C. The second-order valence-electron chi connectivity index (χ2n) is 11.1. The molecule has 5 atom stereocenters. The molecule has 1 heterocycles. The minimum Gasteiger partial charge on any atom is -0.454 e. The summed E-state index contributed by atoms with van der Waals surface area (Å²) in [6.45, 7) is 3.01. The van der Waals surface area contributed by atoms with E-state index in [1.807, 2.05) is 31.1 Å².